The Balaban J connectivity index is 0.000000170. The van der Waals surface area contributed by atoms with E-state index in [4.69, 9.17) is 33.2 Å². The highest BCUT2D eigenvalue weighted by Gasteiger charge is 2.35. The summed E-state index contributed by atoms with van der Waals surface area (Å²) in [5.41, 5.74) is 11.9. The summed E-state index contributed by atoms with van der Waals surface area (Å²) in [7, 11) is -0.819. The number of halogens is 2. The Morgan fingerprint density at radius 2 is 1.10 bits per heavy atom. The highest BCUT2D eigenvalue weighted by Crippen LogP contribution is 2.43. The lowest BCUT2D eigenvalue weighted by Gasteiger charge is -2.40. The average Bonchev–Trinajstić information content (AvgIpc) is 3.60. The topological polar surface area (TPSA) is 97.0 Å². The van der Waals surface area contributed by atoms with Crippen molar-refractivity contribution in [3.8, 4) is 0 Å². The number of hydrogen-bond acceptors (Lipinski definition) is 9. The Labute approximate surface area is 365 Å². The quantitative estimate of drug-likeness (QED) is 0.153. The number of allylic oxidation sites excluding steroid dienone is 2. The Kier molecular flexibility index (Phi) is 13.4. The Bertz CT molecular complexity index is 2350. The molecule has 4 aliphatic rings. The molecule has 2 saturated heterocycles. The summed E-state index contributed by atoms with van der Waals surface area (Å²) in [5.74, 6) is 1.07. The first-order valence-electron chi connectivity index (χ1n) is 21.4. The fraction of sp³-hybridized carbons (Fsp3) is 0.370. The van der Waals surface area contributed by atoms with E-state index in [1.807, 2.05) is 62.7 Å². The molecule has 5 heterocycles. The molecule has 2 atom stereocenters. The van der Waals surface area contributed by atoms with Gasteiger partial charge < -0.3 is 24.2 Å². The van der Waals surface area contributed by atoms with Gasteiger partial charge in [-0.1, -0.05) is 61.3 Å². The minimum absolute atomic E-state index is 0.0341. The van der Waals surface area contributed by atoms with Crippen molar-refractivity contribution in [2.75, 3.05) is 52.4 Å². The van der Waals surface area contributed by atoms with E-state index in [1.165, 1.54) is 39.0 Å². The molecular weight excluding hydrogens is 789 g/mol. The molecule has 0 spiro atoms. The molecule has 3 aromatic heterocycles. The summed E-state index contributed by atoms with van der Waals surface area (Å²) in [5, 5.41) is 21.4. The molecule has 310 valence electrons. The van der Waals surface area contributed by atoms with E-state index in [-0.39, 0.29) is 12.1 Å². The van der Waals surface area contributed by atoms with E-state index in [2.05, 4.69) is 91.4 Å². The van der Waals surface area contributed by atoms with Crippen molar-refractivity contribution < 1.29 is 10.0 Å². The Morgan fingerprint density at radius 3 is 1.57 bits per heavy atom. The van der Waals surface area contributed by atoms with Crippen LogP contribution in [0.25, 0.3) is 23.3 Å². The van der Waals surface area contributed by atoms with Gasteiger partial charge in [-0.15, -0.1) is 0 Å². The zero-order valence-electron chi connectivity index (χ0n) is 35.1. The standard InChI is InChI=1S/C25H29BClN5O.C21H25BClN3O/c1-3-23-28-9-10-31(23)17-19-15-18-5-4-8-29-24(18)25(21-7-6-20(27)16-22(19)21)30-11-13-32(14-12-30)26(2)33;1-3-15-13-16-5-4-8-24-20(16)21(18-7-6-17(23)14-19(15)18)25-9-11-26(12-10-25)22(2)27/h4-10,15-16,25,33H,3,11-14,17H2,1-2H3;4-8,13-14,21,27H,3,9-12H2,1-2H3. The minimum Gasteiger partial charge on any atom is -0.437 e. The van der Waals surface area contributed by atoms with Gasteiger partial charge in [0.1, 0.15) is 5.82 Å². The fourth-order valence-electron chi connectivity index (χ4n) is 9.36. The third-order valence-corrected chi connectivity index (χ3v) is 13.0. The molecular formula is C46H54B2Cl2N8O2. The van der Waals surface area contributed by atoms with Gasteiger partial charge in [0, 0.05) is 100 Å². The van der Waals surface area contributed by atoms with Crippen molar-refractivity contribution >= 4 is 60.6 Å². The number of aromatic nitrogens is 4. The van der Waals surface area contributed by atoms with Crippen molar-refractivity contribution in [2.24, 2.45) is 0 Å². The average molecular weight is 844 g/mol. The molecule has 60 heavy (non-hydrogen) atoms. The number of imidazole rings is 1. The van der Waals surface area contributed by atoms with Crippen LogP contribution in [0.5, 0.6) is 0 Å². The van der Waals surface area contributed by atoms with Crippen molar-refractivity contribution in [1.29, 1.82) is 0 Å². The highest BCUT2D eigenvalue weighted by molar-refractivity contribution is 6.45. The van der Waals surface area contributed by atoms with Gasteiger partial charge in [-0.2, -0.15) is 0 Å². The van der Waals surface area contributed by atoms with Crippen LogP contribution in [0.4, 0.5) is 0 Å². The summed E-state index contributed by atoms with van der Waals surface area (Å²) >= 11 is 12.9. The molecule has 2 unspecified atom stereocenters. The summed E-state index contributed by atoms with van der Waals surface area (Å²) in [6.07, 6.45) is 14.1. The van der Waals surface area contributed by atoms with Gasteiger partial charge in [-0.25, -0.2) is 4.98 Å². The zero-order chi connectivity index (χ0) is 41.9. The van der Waals surface area contributed by atoms with Gasteiger partial charge in [0.05, 0.1) is 23.5 Å². The molecule has 14 heteroatoms. The van der Waals surface area contributed by atoms with Crippen LogP contribution in [0.15, 0.2) is 85.5 Å². The van der Waals surface area contributed by atoms with E-state index in [0.29, 0.717) is 0 Å². The molecule has 0 saturated carbocycles. The number of nitrogens with zero attached hydrogens (tertiary/aromatic N) is 8. The second-order valence-corrected chi connectivity index (χ2v) is 17.0. The molecule has 0 bridgehead atoms. The first-order chi connectivity index (χ1) is 29.1. The van der Waals surface area contributed by atoms with Crippen molar-refractivity contribution in [3.05, 3.63) is 146 Å². The summed E-state index contributed by atoms with van der Waals surface area (Å²) in [4.78, 5) is 23.4. The van der Waals surface area contributed by atoms with E-state index < -0.39 is 14.1 Å². The third kappa shape index (κ3) is 8.94. The first-order valence-corrected chi connectivity index (χ1v) is 22.1. The molecule has 9 rings (SSSR count). The van der Waals surface area contributed by atoms with Crippen LogP contribution in [0.1, 0.15) is 82.9 Å². The lowest BCUT2D eigenvalue weighted by Crippen LogP contribution is -2.52. The molecule has 2 aromatic carbocycles. The largest absolute Gasteiger partial charge is 0.437 e. The number of hydrogen-bond donors (Lipinski definition) is 2. The summed E-state index contributed by atoms with van der Waals surface area (Å²) in [6.45, 7) is 15.6. The molecule has 2 aliphatic heterocycles. The molecule has 0 radical (unpaired) electrons. The normalized spacial score (nSPS) is 19.6. The fourth-order valence-corrected chi connectivity index (χ4v) is 9.70. The number of piperazine rings is 2. The molecule has 0 amide bonds. The molecule has 5 aromatic rings. The lowest BCUT2D eigenvalue weighted by atomic mass is 9.84. The monoisotopic (exact) mass is 842 g/mol. The zero-order valence-corrected chi connectivity index (χ0v) is 36.6. The highest BCUT2D eigenvalue weighted by atomic mass is 35.5. The number of rotatable bonds is 8. The second kappa shape index (κ2) is 18.9. The minimum atomic E-state index is -0.422. The Morgan fingerprint density at radius 1 is 0.617 bits per heavy atom. The van der Waals surface area contributed by atoms with Gasteiger partial charge in [0.15, 0.2) is 0 Å². The van der Waals surface area contributed by atoms with Crippen molar-refractivity contribution in [1.82, 2.24) is 38.9 Å². The maximum atomic E-state index is 10.0. The van der Waals surface area contributed by atoms with Crippen LogP contribution in [-0.2, 0) is 13.0 Å². The SMILES string of the molecule is CCC1=Cc2cccnc2C(N2CCN(B(C)O)CC2)c2ccc(Cl)cc21.CCc1nccn1CC1=Cc2cccnc2C(N2CCN(B(C)O)CC2)c2ccc(Cl)cc21. The predicted molar refractivity (Wildman–Crippen MR) is 247 cm³/mol. The van der Waals surface area contributed by atoms with E-state index in [9.17, 15) is 10.0 Å². The second-order valence-electron chi connectivity index (χ2n) is 16.1. The van der Waals surface area contributed by atoms with Crippen LogP contribution < -0.4 is 0 Å². The van der Waals surface area contributed by atoms with Crippen LogP contribution in [0.3, 0.4) is 0 Å². The lowest BCUT2D eigenvalue weighted by molar-refractivity contribution is 0.144. The molecule has 2 fully saturated rings. The van der Waals surface area contributed by atoms with Crippen molar-refractivity contribution in [3.63, 3.8) is 0 Å². The van der Waals surface area contributed by atoms with Crippen LogP contribution in [0.2, 0.25) is 23.7 Å². The number of fused-ring (bicyclic) bond motifs is 4. The van der Waals surface area contributed by atoms with Gasteiger partial charge in [0.2, 0.25) is 0 Å². The Hall–Kier alpha value is -4.10. The van der Waals surface area contributed by atoms with E-state index >= 15 is 0 Å². The van der Waals surface area contributed by atoms with Crippen LogP contribution in [-0.4, -0.2) is 115 Å². The molecule has 2 N–H and O–H groups in total. The van der Waals surface area contributed by atoms with Gasteiger partial charge in [-0.3, -0.25) is 19.8 Å². The van der Waals surface area contributed by atoms with Gasteiger partial charge in [0.25, 0.3) is 0 Å². The number of benzene rings is 2. The van der Waals surface area contributed by atoms with Crippen LogP contribution >= 0.6 is 23.2 Å². The maximum absolute atomic E-state index is 10.0. The van der Waals surface area contributed by atoms with Gasteiger partial charge >= 0.3 is 14.1 Å². The number of pyridine rings is 2. The summed E-state index contributed by atoms with van der Waals surface area (Å²) in [6, 6.07) is 21.0. The van der Waals surface area contributed by atoms with Crippen molar-refractivity contribution in [2.45, 2.75) is 59.0 Å². The summed E-state index contributed by atoms with van der Waals surface area (Å²) < 4.78 is 2.22. The maximum Gasteiger partial charge on any atom is 0.376 e. The van der Waals surface area contributed by atoms with Gasteiger partial charge in [-0.05, 0) is 113 Å². The van der Waals surface area contributed by atoms with Crippen LogP contribution in [0, 0.1) is 0 Å². The first kappa shape index (κ1) is 42.6. The van der Waals surface area contributed by atoms with E-state index in [1.54, 1.807) is 0 Å². The smallest absolute Gasteiger partial charge is 0.376 e. The molecule has 2 aliphatic carbocycles. The number of aryl methyl sites for hydroxylation is 1. The molecule has 10 nitrogen and oxygen atoms in total. The van der Waals surface area contributed by atoms with E-state index in [0.717, 1.165) is 105 Å². The predicted octanol–water partition coefficient (Wildman–Crippen LogP) is 7.68. The third-order valence-electron chi connectivity index (χ3n) is 12.6.